The number of rotatable bonds is 4. The highest BCUT2D eigenvalue weighted by Crippen LogP contribution is 2.39. The van der Waals surface area contributed by atoms with Crippen LogP contribution >= 0.6 is 11.8 Å². The Kier molecular flexibility index (Phi) is 5.28. The maximum absolute atomic E-state index is 12.6. The number of carboxylic acid groups (broad SMARTS) is 1. The van der Waals surface area contributed by atoms with Gasteiger partial charge in [0.2, 0.25) is 5.12 Å². The predicted octanol–water partition coefficient (Wildman–Crippen LogP) is 5.54. The van der Waals surface area contributed by atoms with Crippen molar-refractivity contribution in [3.05, 3.63) is 65.2 Å². The molecule has 1 N–H and O–H groups in total. The summed E-state index contributed by atoms with van der Waals surface area (Å²) in [6, 6.07) is 14.4. The highest BCUT2D eigenvalue weighted by Gasteiger charge is 2.29. The fourth-order valence-electron chi connectivity index (χ4n) is 3.47. The van der Waals surface area contributed by atoms with Crippen molar-refractivity contribution in [3.63, 3.8) is 0 Å². The Morgan fingerprint density at radius 3 is 2.28 bits per heavy atom. The average Bonchev–Trinajstić information content (AvgIpc) is 2.63. The largest absolute Gasteiger partial charge is 0.478 e. The van der Waals surface area contributed by atoms with E-state index in [2.05, 4.69) is 13.0 Å². The number of thioether (sulfide) groups is 1. The third-order valence-corrected chi connectivity index (χ3v) is 5.99. The van der Waals surface area contributed by atoms with E-state index in [1.807, 2.05) is 18.2 Å². The van der Waals surface area contributed by atoms with E-state index in [0.717, 1.165) is 16.7 Å². The first-order chi connectivity index (χ1) is 12.0. The van der Waals surface area contributed by atoms with Crippen molar-refractivity contribution in [2.75, 3.05) is 0 Å². The molecule has 0 heterocycles. The van der Waals surface area contributed by atoms with Gasteiger partial charge in [0.25, 0.3) is 0 Å². The summed E-state index contributed by atoms with van der Waals surface area (Å²) in [5.41, 5.74) is 2.35. The van der Waals surface area contributed by atoms with Crippen LogP contribution in [0.5, 0.6) is 0 Å². The molecule has 4 heteroatoms. The Labute approximate surface area is 152 Å². The molecule has 1 saturated carbocycles. The van der Waals surface area contributed by atoms with Gasteiger partial charge in [-0.25, -0.2) is 4.79 Å². The molecule has 0 unspecified atom stereocenters. The summed E-state index contributed by atoms with van der Waals surface area (Å²) in [6.07, 6.45) is 6.15. The van der Waals surface area contributed by atoms with Crippen LogP contribution in [0.2, 0.25) is 0 Å². The van der Waals surface area contributed by atoms with E-state index in [4.69, 9.17) is 5.11 Å². The SMILES string of the molecule is CC1(c2cccc(C(=O)Sc3ccc(C(=O)O)cc3)c2)CCCCC1. The van der Waals surface area contributed by atoms with Crippen molar-refractivity contribution < 1.29 is 14.7 Å². The molecule has 1 aliphatic carbocycles. The van der Waals surface area contributed by atoms with Gasteiger partial charge in [0.05, 0.1) is 5.56 Å². The van der Waals surface area contributed by atoms with Gasteiger partial charge in [0, 0.05) is 10.5 Å². The van der Waals surface area contributed by atoms with Gasteiger partial charge in [0.1, 0.15) is 0 Å². The van der Waals surface area contributed by atoms with Gasteiger partial charge in [-0.2, -0.15) is 0 Å². The molecule has 0 saturated heterocycles. The molecule has 25 heavy (non-hydrogen) atoms. The number of benzene rings is 2. The summed E-state index contributed by atoms with van der Waals surface area (Å²) in [4.78, 5) is 24.3. The minimum absolute atomic E-state index is 0.00988. The smallest absolute Gasteiger partial charge is 0.335 e. The maximum Gasteiger partial charge on any atom is 0.335 e. The molecule has 0 atom stereocenters. The topological polar surface area (TPSA) is 54.4 Å². The van der Waals surface area contributed by atoms with Crippen LogP contribution in [0.4, 0.5) is 0 Å². The lowest BCUT2D eigenvalue weighted by Gasteiger charge is -2.34. The minimum atomic E-state index is -0.962. The zero-order chi connectivity index (χ0) is 17.9. The van der Waals surface area contributed by atoms with Crippen LogP contribution in [-0.4, -0.2) is 16.2 Å². The lowest BCUT2D eigenvalue weighted by atomic mass is 9.71. The molecule has 2 aromatic carbocycles. The molecule has 0 amide bonds. The molecule has 3 rings (SSSR count). The molecule has 1 aliphatic rings. The van der Waals surface area contributed by atoms with Crippen LogP contribution in [0.3, 0.4) is 0 Å². The third-order valence-electron chi connectivity index (χ3n) is 5.06. The molecule has 0 bridgehead atoms. The van der Waals surface area contributed by atoms with Crippen molar-refractivity contribution in [1.82, 2.24) is 0 Å². The molecule has 0 aliphatic heterocycles. The second kappa shape index (κ2) is 7.44. The Balaban J connectivity index is 1.76. The Morgan fingerprint density at radius 1 is 0.960 bits per heavy atom. The molecule has 130 valence electrons. The predicted molar refractivity (Wildman–Crippen MR) is 100 cm³/mol. The molecule has 2 aromatic rings. The summed E-state index contributed by atoms with van der Waals surface area (Å²) >= 11 is 1.14. The first-order valence-electron chi connectivity index (χ1n) is 8.64. The molecule has 0 spiro atoms. The molecule has 0 radical (unpaired) electrons. The van der Waals surface area contributed by atoms with E-state index in [1.165, 1.54) is 49.8 Å². The van der Waals surface area contributed by atoms with Crippen LogP contribution in [0.15, 0.2) is 53.4 Å². The van der Waals surface area contributed by atoms with Crippen LogP contribution in [0, 0.1) is 0 Å². The van der Waals surface area contributed by atoms with Crippen molar-refractivity contribution >= 4 is 22.8 Å². The van der Waals surface area contributed by atoms with Crippen molar-refractivity contribution in [3.8, 4) is 0 Å². The van der Waals surface area contributed by atoms with E-state index in [0.29, 0.717) is 5.56 Å². The standard InChI is InChI=1S/C21H22O3S/c1-21(12-3-2-4-13-21)17-7-5-6-16(14-17)20(24)25-18-10-8-15(9-11-18)19(22)23/h5-11,14H,2-4,12-13H2,1H3,(H,22,23). The zero-order valence-corrected chi connectivity index (χ0v) is 15.1. The van der Waals surface area contributed by atoms with Gasteiger partial charge < -0.3 is 5.11 Å². The molecular weight excluding hydrogens is 332 g/mol. The minimum Gasteiger partial charge on any atom is -0.478 e. The lowest BCUT2D eigenvalue weighted by Crippen LogP contribution is -2.25. The molecule has 0 aromatic heterocycles. The summed E-state index contributed by atoms with van der Waals surface area (Å²) in [5.74, 6) is -0.962. The monoisotopic (exact) mass is 354 g/mol. The quantitative estimate of drug-likeness (QED) is 0.733. The van der Waals surface area contributed by atoms with Gasteiger partial charge >= 0.3 is 5.97 Å². The van der Waals surface area contributed by atoms with E-state index >= 15 is 0 Å². The van der Waals surface area contributed by atoms with E-state index in [9.17, 15) is 9.59 Å². The van der Waals surface area contributed by atoms with Crippen LogP contribution in [0.25, 0.3) is 0 Å². The zero-order valence-electron chi connectivity index (χ0n) is 14.3. The highest BCUT2D eigenvalue weighted by molar-refractivity contribution is 8.14. The molecular formula is C21H22O3S. The fourth-order valence-corrected chi connectivity index (χ4v) is 4.20. The molecule has 1 fully saturated rings. The number of carbonyl (C=O) groups is 2. The van der Waals surface area contributed by atoms with E-state index < -0.39 is 5.97 Å². The number of carbonyl (C=O) groups excluding carboxylic acids is 1. The van der Waals surface area contributed by atoms with Crippen molar-refractivity contribution in [1.29, 1.82) is 0 Å². The van der Waals surface area contributed by atoms with Crippen LogP contribution in [-0.2, 0) is 5.41 Å². The Morgan fingerprint density at radius 2 is 1.64 bits per heavy atom. The molecule has 3 nitrogen and oxygen atoms in total. The number of hydrogen-bond acceptors (Lipinski definition) is 3. The summed E-state index contributed by atoms with van der Waals surface area (Å²) in [6.45, 7) is 2.30. The van der Waals surface area contributed by atoms with Gasteiger partial charge in [0.15, 0.2) is 0 Å². The van der Waals surface area contributed by atoms with Crippen molar-refractivity contribution in [2.24, 2.45) is 0 Å². The highest BCUT2D eigenvalue weighted by atomic mass is 32.2. The lowest BCUT2D eigenvalue weighted by molar-refractivity contribution is 0.0696. The Bertz CT molecular complexity index is 774. The number of carboxylic acids is 1. The van der Waals surface area contributed by atoms with Crippen LogP contribution in [0.1, 0.15) is 65.3 Å². The summed E-state index contributed by atoms with van der Waals surface area (Å²) in [7, 11) is 0. The van der Waals surface area contributed by atoms with Gasteiger partial charge in [-0.3, -0.25) is 4.79 Å². The first kappa shape index (κ1) is 17.7. The second-order valence-corrected chi connectivity index (χ2v) is 7.97. The first-order valence-corrected chi connectivity index (χ1v) is 9.46. The van der Waals surface area contributed by atoms with Crippen molar-refractivity contribution in [2.45, 2.75) is 49.3 Å². The fraction of sp³-hybridized carbons (Fsp3) is 0.333. The average molecular weight is 354 g/mol. The van der Waals surface area contributed by atoms with Gasteiger partial charge in [-0.15, -0.1) is 0 Å². The summed E-state index contributed by atoms with van der Waals surface area (Å²) in [5, 5.41) is 8.93. The second-order valence-electron chi connectivity index (χ2n) is 6.92. The Hall–Kier alpha value is -2.07. The van der Waals surface area contributed by atoms with Crippen LogP contribution < -0.4 is 0 Å². The third kappa shape index (κ3) is 4.13. The maximum atomic E-state index is 12.6. The summed E-state index contributed by atoms with van der Waals surface area (Å²) < 4.78 is 0. The normalized spacial score (nSPS) is 16.4. The van der Waals surface area contributed by atoms with E-state index in [-0.39, 0.29) is 16.1 Å². The number of aromatic carboxylic acids is 1. The van der Waals surface area contributed by atoms with Gasteiger partial charge in [-0.05, 0) is 65.9 Å². The van der Waals surface area contributed by atoms with Gasteiger partial charge in [-0.1, -0.05) is 44.4 Å². The van der Waals surface area contributed by atoms with E-state index in [1.54, 1.807) is 12.1 Å². The number of hydrogen-bond donors (Lipinski definition) is 1.